The molecule has 31 heavy (non-hydrogen) atoms. The van der Waals surface area contributed by atoms with E-state index in [2.05, 4.69) is 53.6 Å². The highest BCUT2D eigenvalue weighted by Crippen LogP contribution is 2.35. The number of sulfonamides is 1. The zero-order valence-electron chi connectivity index (χ0n) is 18.5. The first-order chi connectivity index (χ1) is 14.8. The molecule has 0 spiro atoms. The molecule has 0 saturated carbocycles. The van der Waals surface area contributed by atoms with Crippen molar-refractivity contribution >= 4 is 21.6 Å². The number of benzene rings is 2. The second kappa shape index (κ2) is 10.2. The van der Waals surface area contributed by atoms with Crippen LogP contribution in [0.4, 0.5) is 0 Å². The second-order valence-electron chi connectivity index (χ2n) is 8.32. The number of aryl methyl sites for hydroxylation is 2. The van der Waals surface area contributed by atoms with Gasteiger partial charge in [0.05, 0.1) is 12.0 Å². The van der Waals surface area contributed by atoms with E-state index < -0.39 is 16.0 Å². The molecule has 0 saturated heterocycles. The monoisotopic (exact) mass is 441 g/mol. The van der Waals surface area contributed by atoms with Gasteiger partial charge in [-0.1, -0.05) is 56.7 Å². The minimum absolute atomic E-state index is 0.167. The van der Waals surface area contributed by atoms with Gasteiger partial charge in [-0.2, -0.15) is 4.72 Å². The number of esters is 1. The quantitative estimate of drug-likeness (QED) is 0.484. The van der Waals surface area contributed by atoms with Crippen molar-refractivity contribution in [2.45, 2.75) is 50.8 Å². The van der Waals surface area contributed by atoms with Gasteiger partial charge in [-0.3, -0.25) is 4.79 Å². The summed E-state index contributed by atoms with van der Waals surface area (Å²) in [5, 5.41) is 0. The van der Waals surface area contributed by atoms with E-state index in [1.807, 2.05) is 6.07 Å². The van der Waals surface area contributed by atoms with Gasteiger partial charge in [-0.25, -0.2) is 8.42 Å². The number of rotatable bonds is 8. The number of carbonyl (C=O) groups is 1. The summed E-state index contributed by atoms with van der Waals surface area (Å²) in [5.41, 5.74) is 5.78. The van der Waals surface area contributed by atoms with Gasteiger partial charge in [-0.15, -0.1) is 0 Å². The fourth-order valence-electron chi connectivity index (χ4n) is 3.92. The fraction of sp³-hybridized carbons (Fsp3) is 0.400. The third-order valence-electron chi connectivity index (χ3n) is 5.62. The highest BCUT2D eigenvalue weighted by Gasteiger charge is 2.22. The Kier molecular flexibility index (Phi) is 7.68. The predicted molar refractivity (Wildman–Crippen MR) is 123 cm³/mol. The molecular weight excluding hydrogens is 410 g/mol. The van der Waals surface area contributed by atoms with Crippen molar-refractivity contribution in [3.63, 3.8) is 0 Å². The molecule has 166 valence electrons. The Morgan fingerprint density at radius 1 is 1.10 bits per heavy atom. The first-order valence-corrected chi connectivity index (χ1v) is 12.3. The van der Waals surface area contributed by atoms with Gasteiger partial charge in [-0.05, 0) is 71.6 Å². The van der Waals surface area contributed by atoms with Crippen LogP contribution in [0.1, 0.15) is 55.4 Å². The Morgan fingerprint density at radius 2 is 1.81 bits per heavy atom. The molecule has 0 aromatic heterocycles. The molecule has 1 N–H and O–H groups in total. The number of nitrogens with one attached hydrogen (secondary N) is 1. The maximum Gasteiger partial charge on any atom is 0.320 e. The Morgan fingerprint density at radius 3 is 2.55 bits per heavy atom. The normalized spacial score (nSPS) is 14.8. The molecule has 0 fully saturated rings. The number of hydrogen-bond donors (Lipinski definition) is 1. The van der Waals surface area contributed by atoms with Crippen LogP contribution in [0.15, 0.2) is 53.4 Å². The molecular formula is C25H31NO4S. The maximum atomic E-state index is 12.7. The van der Waals surface area contributed by atoms with E-state index in [4.69, 9.17) is 0 Å². The van der Waals surface area contributed by atoms with Crippen molar-refractivity contribution in [3.05, 3.63) is 70.8 Å². The van der Waals surface area contributed by atoms with E-state index in [-0.39, 0.29) is 11.4 Å². The van der Waals surface area contributed by atoms with Crippen LogP contribution in [0.2, 0.25) is 0 Å². The smallest absolute Gasteiger partial charge is 0.320 e. The maximum absolute atomic E-state index is 12.7. The van der Waals surface area contributed by atoms with Gasteiger partial charge in [0, 0.05) is 0 Å². The van der Waals surface area contributed by atoms with Gasteiger partial charge in [0.1, 0.15) is 6.54 Å². The fourth-order valence-corrected chi connectivity index (χ4v) is 4.94. The second-order valence-corrected chi connectivity index (χ2v) is 10.1. The molecule has 0 unspecified atom stereocenters. The van der Waals surface area contributed by atoms with Crippen LogP contribution in [0.3, 0.4) is 0 Å². The van der Waals surface area contributed by atoms with E-state index in [0.717, 1.165) is 36.8 Å². The third-order valence-corrected chi connectivity index (χ3v) is 7.02. The highest BCUT2D eigenvalue weighted by atomic mass is 32.2. The number of allylic oxidation sites excluding steroid dienone is 1. The van der Waals surface area contributed by atoms with Gasteiger partial charge in [0.2, 0.25) is 10.0 Å². The first-order valence-electron chi connectivity index (χ1n) is 10.8. The number of carbonyl (C=O) groups excluding carboxylic acids is 1. The summed E-state index contributed by atoms with van der Waals surface area (Å²) in [4.78, 5) is 11.5. The van der Waals surface area contributed by atoms with E-state index in [1.54, 1.807) is 12.1 Å². The van der Waals surface area contributed by atoms with Crippen molar-refractivity contribution in [1.29, 1.82) is 0 Å². The number of hydrogen-bond acceptors (Lipinski definition) is 4. The summed E-state index contributed by atoms with van der Waals surface area (Å²) in [7, 11) is -2.57. The summed E-state index contributed by atoms with van der Waals surface area (Å²) in [6.45, 7) is 4.08. The highest BCUT2D eigenvalue weighted by molar-refractivity contribution is 7.89. The third kappa shape index (κ3) is 5.83. The molecule has 5 nitrogen and oxygen atoms in total. The van der Waals surface area contributed by atoms with Crippen molar-refractivity contribution in [2.75, 3.05) is 13.7 Å². The molecule has 2 aromatic carbocycles. The summed E-state index contributed by atoms with van der Waals surface area (Å²) in [5.74, 6) is 0.0535. The number of ether oxygens (including phenoxy) is 1. The summed E-state index contributed by atoms with van der Waals surface area (Å²) >= 11 is 0. The number of fused-ring (bicyclic) bond motifs is 2. The lowest BCUT2D eigenvalue weighted by Gasteiger charge is -2.14. The Labute approximate surface area is 185 Å². The van der Waals surface area contributed by atoms with Crippen LogP contribution in [-0.2, 0) is 32.4 Å². The van der Waals surface area contributed by atoms with E-state index in [9.17, 15) is 13.2 Å². The molecule has 0 amide bonds. The van der Waals surface area contributed by atoms with Gasteiger partial charge in [0.25, 0.3) is 0 Å². The van der Waals surface area contributed by atoms with Crippen LogP contribution < -0.4 is 4.72 Å². The minimum atomic E-state index is -3.80. The average molecular weight is 442 g/mol. The van der Waals surface area contributed by atoms with E-state index in [0.29, 0.717) is 5.92 Å². The lowest BCUT2D eigenvalue weighted by Crippen LogP contribution is -2.30. The largest absolute Gasteiger partial charge is 0.468 e. The minimum Gasteiger partial charge on any atom is -0.468 e. The standard InChI is InChI=1S/C25H31NO4S/c1-18(2)8-4-6-11-24-22-10-7-5-9-19(22)12-13-20-16-21(14-15-23(20)24)31(28,29)26-17-25(27)30-3/h5,7,9-11,14-16,18,26H,4,6,8,12-13,17H2,1-3H3/b24-11+. The zero-order chi connectivity index (χ0) is 22.4. The molecule has 0 aliphatic heterocycles. The van der Waals surface area contributed by atoms with Crippen LogP contribution in [-0.4, -0.2) is 28.0 Å². The molecule has 0 heterocycles. The topological polar surface area (TPSA) is 72.5 Å². The molecule has 6 heteroatoms. The zero-order valence-corrected chi connectivity index (χ0v) is 19.3. The molecule has 0 atom stereocenters. The van der Waals surface area contributed by atoms with Crippen molar-refractivity contribution in [1.82, 2.24) is 4.72 Å². The van der Waals surface area contributed by atoms with Crippen molar-refractivity contribution in [2.24, 2.45) is 5.92 Å². The van der Waals surface area contributed by atoms with Crippen LogP contribution in [0.25, 0.3) is 5.57 Å². The van der Waals surface area contributed by atoms with Gasteiger partial charge < -0.3 is 4.74 Å². The Hall–Kier alpha value is -2.44. The molecule has 3 rings (SSSR count). The number of unbranched alkanes of at least 4 members (excludes halogenated alkanes) is 1. The molecule has 0 bridgehead atoms. The van der Waals surface area contributed by atoms with E-state index in [1.165, 1.54) is 30.2 Å². The summed E-state index contributed by atoms with van der Waals surface area (Å²) < 4.78 is 32.2. The molecule has 1 aliphatic carbocycles. The van der Waals surface area contributed by atoms with Crippen LogP contribution >= 0.6 is 0 Å². The Bertz CT molecular complexity index is 1070. The van der Waals surface area contributed by atoms with Gasteiger partial charge in [0.15, 0.2) is 0 Å². The SMILES string of the molecule is COC(=O)CNS(=O)(=O)c1ccc2c(c1)CCc1ccccc1/C2=C\CCCC(C)C. The summed E-state index contributed by atoms with van der Waals surface area (Å²) in [6.07, 6.45) is 7.21. The molecule has 1 aliphatic rings. The Balaban J connectivity index is 1.95. The van der Waals surface area contributed by atoms with E-state index >= 15 is 0 Å². The lowest BCUT2D eigenvalue weighted by molar-refractivity contribution is -0.139. The lowest BCUT2D eigenvalue weighted by atomic mass is 9.92. The predicted octanol–water partition coefficient (Wildman–Crippen LogP) is 4.49. The number of methoxy groups -OCH3 is 1. The molecule has 0 radical (unpaired) electrons. The van der Waals surface area contributed by atoms with Crippen molar-refractivity contribution < 1.29 is 17.9 Å². The average Bonchev–Trinajstić information content (AvgIpc) is 2.91. The van der Waals surface area contributed by atoms with Crippen LogP contribution in [0, 0.1) is 5.92 Å². The first kappa shape index (κ1) is 23.2. The summed E-state index contributed by atoms with van der Waals surface area (Å²) in [6, 6.07) is 13.7. The van der Waals surface area contributed by atoms with Crippen molar-refractivity contribution in [3.8, 4) is 0 Å². The molecule has 2 aromatic rings. The van der Waals surface area contributed by atoms with Crippen LogP contribution in [0.5, 0.6) is 0 Å². The van der Waals surface area contributed by atoms with Gasteiger partial charge >= 0.3 is 5.97 Å².